The Bertz CT molecular complexity index is 617. The van der Waals surface area contributed by atoms with Crippen LogP contribution in [-0.2, 0) is 11.3 Å². The zero-order valence-electron chi connectivity index (χ0n) is 11.5. The number of carbonyl (C=O) groups is 1. The molecule has 2 aromatic rings. The molecule has 3 N–H and O–H groups in total. The summed E-state index contributed by atoms with van der Waals surface area (Å²) in [5, 5.41) is 3.45. The molecular weight excluding hydrogens is 288 g/mol. The van der Waals surface area contributed by atoms with E-state index in [0.29, 0.717) is 23.0 Å². The van der Waals surface area contributed by atoms with Crippen LogP contribution in [0.2, 0.25) is 5.02 Å². The van der Waals surface area contributed by atoms with Crippen LogP contribution in [0.5, 0.6) is 5.75 Å². The Kier molecular flexibility index (Phi) is 5.46. The van der Waals surface area contributed by atoms with Crippen LogP contribution in [0.15, 0.2) is 48.5 Å². The Labute approximate surface area is 128 Å². The van der Waals surface area contributed by atoms with Crippen LogP contribution in [0, 0.1) is 0 Å². The zero-order valence-corrected chi connectivity index (χ0v) is 12.3. The van der Waals surface area contributed by atoms with Crippen molar-refractivity contribution in [3.8, 4) is 5.75 Å². The summed E-state index contributed by atoms with van der Waals surface area (Å²) in [6, 6.07) is 14.6. The van der Waals surface area contributed by atoms with Gasteiger partial charge in [-0.05, 0) is 23.8 Å². The van der Waals surface area contributed by atoms with E-state index < -0.39 is 0 Å². The molecule has 0 heterocycles. The van der Waals surface area contributed by atoms with E-state index in [1.807, 2.05) is 30.3 Å². The average molecular weight is 305 g/mol. The summed E-state index contributed by atoms with van der Waals surface area (Å²) in [5.41, 5.74) is 7.20. The predicted octanol–water partition coefficient (Wildman–Crippen LogP) is 3.01. The van der Waals surface area contributed by atoms with Crippen LogP contribution in [0.1, 0.15) is 12.0 Å². The summed E-state index contributed by atoms with van der Waals surface area (Å²) in [6.07, 6.45) is 0.263. The van der Waals surface area contributed by atoms with E-state index in [2.05, 4.69) is 5.32 Å². The highest BCUT2D eigenvalue weighted by atomic mass is 35.5. The van der Waals surface area contributed by atoms with Gasteiger partial charge in [0.2, 0.25) is 5.91 Å². The molecule has 5 heteroatoms. The van der Waals surface area contributed by atoms with E-state index in [1.165, 1.54) is 0 Å². The molecule has 0 aliphatic heterocycles. The quantitative estimate of drug-likeness (QED) is 0.806. The molecule has 0 aliphatic carbocycles. The van der Waals surface area contributed by atoms with E-state index in [0.717, 1.165) is 5.56 Å². The normalized spacial score (nSPS) is 10.1. The van der Waals surface area contributed by atoms with Gasteiger partial charge in [-0.25, -0.2) is 0 Å². The molecule has 0 atom stereocenters. The third kappa shape index (κ3) is 4.68. The smallest absolute Gasteiger partial charge is 0.223 e. The molecule has 110 valence electrons. The maximum Gasteiger partial charge on any atom is 0.223 e. The highest BCUT2D eigenvalue weighted by molar-refractivity contribution is 6.31. The third-order valence-corrected chi connectivity index (χ3v) is 3.31. The molecule has 1 amide bonds. The first-order valence-corrected chi connectivity index (χ1v) is 7.02. The number of anilines is 1. The number of halogens is 1. The number of nitrogen functional groups attached to an aromatic ring is 1. The highest BCUT2D eigenvalue weighted by Crippen LogP contribution is 2.19. The number of hydrogen-bond acceptors (Lipinski definition) is 3. The zero-order chi connectivity index (χ0) is 15.1. The number of rotatable bonds is 6. The molecule has 0 saturated carbocycles. The van der Waals surface area contributed by atoms with Gasteiger partial charge in [0.25, 0.3) is 0 Å². The topological polar surface area (TPSA) is 64.3 Å². The van der Waals surface area contributed by atoms with Crippen molar-refractivity contribution in [2.24, 2.45) is 0 Å². The maximum atomic E-state index is 11.7. The second-order valence-electron chi connectivity index (χ2n) is 4.50. The summed E-state index contributed by atoms with van der Waals surface area (Å²) in [4.78, 5) is 11.7. The minimum Gasteiger partial charge on any atom is -0.491 e. The molecule has 0 fully saturated rings. The standard InChI is InChI=1S/C16H17ClN2O2/c17-13-6-2-1-5-12(13)11-19-16(20)9-10-21-15-8-4-3-7-14(15)18/h1-8H,9-11,18H2,(H,19,20). The second kappa shape index (κ2) is 7.55. The summed E-state index contributed by atoms with van der Waals surface area (Å²) in [7, 11) is 0. The maximum absolute atomic E-state index is 11.7. The van der Waals surface area contributed by atoms with E-state index in [4.69, 9.17) is 22.1 Å². The first-order chi connectivity index (χ1) is 10.2. The van der Waals surface area contributed by atoms with Crippen molar-refractivity contribution in [3.63, 3.8) is 0 Å². The Morgan fingerprint density at radius 3 is 2.62 bits per heavy atom. The van der Waals surface area contributed by atoms with Crippen LogP contribution >= 0.6 is 11.6 Å². The van der Waals surface area contributed by atoms with Crippen molar-refractivity contribution in [1.29, 1.82) is 0 Å². The van der Waals surface area contributed by atoms with Gasteiger partial charge in [0, 0.05) is 11.6 Å². The number of carbonyl (C=O) groups excluding carboxylic acids is 1. The second-order valence-corrected chi connectivity index (χ2v) is 4.91. The number of para-hydroxylation sites is 2. The van der Waals surface area contributed by atoms with Gasteiger partial charge in [0.1, 0.15) is 5.75 Å². The third-order valence-electron chi connectivity index (χ3n) is 2.94. The van der Waals surface area contributed by atoms with Gasteiger partial charge in [-0.2, -0.15) is 0 Å². The van der Waals surface area contributed by atoms with Crippen LogP contribution < -0.4 is 15.8 Å². The first kappa shape index (κ1) is 15.2. The van der Waals surface area contributed by atoms with Crippen molar-refractivity contribution >= 4 is 23.2 Å². The number of ether oxygens (including phenoxy) is 1. The van der Waals surface area contributed by atoms with Crippen molar-refractivity contribution < 1.29 is 9.53 Å². The van der Waals surface area contributed by atoms with Crippen LogP contribution in [0.25, 0.3) is 0 Å². The minimum absolute atomic E-state index is 0.0931. The van der Waals surface area contributed by atoms with Gasteiger partial charge in [0.15, 0.2) is 0 Å². The molecule has 0 aliphatic rings. The van der Waals surface area contributed by atoms with Crippen molar-refractivity contribution in [1.82, 2.24) is 5.32 Å². The lowest BCUT2D eigenvalue weighted by molar-refractivity contribution is -0.121. The van der Waals surface area contributed by atoms with E-state index in [9.17, 15) is 4.79 Å². The lowest BCUT2D eigenvalue weighted by Gasteiger charge is -2.09. The SMILES string of the molecule is Nc1ccccc1OCCC(=O)NCc1ccccc1Cl. The van der Waals surface area contributed by atoms with Gasteiger partial charge < -0.3 is 15.8 Å². The van der Waals surface area contributed by atoms with E-state index >= 15 is 0 Å². The molecule has 2 aromatic carbocycles. The fraction of sp³-hybridized carbons (Fsp3) is 0.188. The van der Waals surface area contributed by atoms with E-state index in [-0.39, 0.29) is 18.9 Å². The van der Waals surface area contributed by atoms with Gasteiger partial charge in [-0.1, -0.05) is 41.9 Å². The summed E-state index contributed by atoms with van der Waals surface area (Å²) in [6.45, 7) is 0.689. The highest BCUT2D eigenvalue weighted by Gasteiger charge is 2.05. The molecule has 0 radical (unpaired) electrons. The first-order valence-electron chi connectivity index (χ1n) is 6.64. The molecule has 0 bridgehead atoms. The van der Waals surface area contributed by atoms with Crippen LogP contribution in [-0.4, -0.2) is 12.5 Å². The van der Waals surface area contributed by atoms with Crippen LogP contribution in [0.3, 0.4) is 0 Å². The van der Waals surface area contributed by atoms with Crippen molar-refractivity contribution in [2.75, 3.05) is 12.3 Å². The molecular formula is C16H17ClN2O2. The number of hydrogen-bond donors (Lipinski definition) is 2. The van der Waals surface area contributed by atoms with E-state index in [1.54, 1.807) is 18.2 Å². The summed E-state index contributed by atoms with van der Waals surface area (Å²) < 4.78 is 5.47. The number of nitrogens with two attached hydrogens (primary N) is 1. The van der Waals surface area contributed by atoms with Gasteiger partial charge in [-0.15, -0.1) is 0 Å². The molecule has 21 heavy (non-hydrogen) atoms. The Hall–Kier alpha value is -2.20. The van der Waals surface area contributed by atoms with Gasteiger partial charge >= 0.3 is 0 Å². The van der Waals surface area contributed by atoms with Crippen molar-refractivity contribution in [2.45, 2.75) is 13.0 Å². The summed E-state index contributed by atoms with van der Waals surface area (Å²) in [5.74, 6) is 0.501. The number of nitrogens with one attached hydrogen (secondary N) is 1. The van der Waals surface area contributed by atoms with Crippen molar-refractivity contribution in [3.05, 3.63) is 59.1 Å². The molecule has 4 nitrogen and oxygen atoms in total. The number of amides is 1. The lowest BCUT2D eigenvalue weighted by Crippen LogP contribution is -2.24. The monoisotopic (exact) mass is 304 g/mol. The van der Waals surface area contributed by atoms with Crippen LogP contribution in [0.4, 0.5) is 5.69 Å². The predicted molar refractivity (Wildman–Crippen MR) is 84.3 cm³/mol. The molecule has 0 aromatic heterocycles. The number of benzene rings is 2. The Morgan fingerprint density at radius 2 is 1.86 bits per heavy atom. The Balaban J connectivity index is 1.73. The molecule has 0 spiro atoms. The Morgan fingerprint density at radius 1 is 1.14 bits per heavy atom. The lowest BCUT2D eigenvalue weighted by atomic mass is 10.2. The molecule has 2 rings (SSSR count). The average Bonchev–Trinajstić information content (AvgIpc) is 2.48. The largest absolute Gasteiger partial charge is 0.491 e. The fourth-order valence-corrected chi connectivity index (χ4v) is 1.99. The molecule has 0 unspecified atom stereocenters. The van der Waals surface area contributed by atoms with Gasteiger partial charge in [0.05, 0.1) is 18.7 Å². The van der Waals surface area contributed by atoms with Gasteiger partial charge in [-0.3, -0.25) is 4.79 Å². The minimum atomic E-state index is -0.0931. The molecule has 0 saturated heterocycles. The fourth-order valence-electron chi connectivity index (χ4n) is 1.79. The summed E-state index contributed by atoms with van der Waals surface area (Å²) >= 11 is 6.02.